The molecule has 1 heterocycles. The van der Waals surface area contributed by atoms with E-state index in [4.69, 9.17) is 4.52 Å². The smallest absolute Gasteiger partial charge is 0.251 e. The van der Waals surface area contributed by atoms with E-state index in [0.29, 0.717) is 36.3 Å². The molecular formula is C17H25IN6O2. The Bertz CT molecular complexity index is 732. The van der Waals surface area contributed by atoms with Crippen molar-refractivity contribution in [2.45, 2.75) is 26.8 Å². The van der Waals surface area contributed by atoms with E-state index in [1.165, 1.54) is 0 Å². The fraction of sp³-hybridized carbons (Fsp3) is 0.412. The highest BCUT2D eigenvalue weighted by Crippen LogP contribution is 2.05. The molecule has 1 aromatic heterocycles. The summed E-state index contributed by atoms with van der Waals surface area (Å²) >= 11 is 0. The van der Waals surface area contributed by atoms with E-state index in [-0.39, 0.29) is 29.9 Å². The Labute approximate surface area is 170 Å². The van der Waals surface area contributed by atoms with Crippen LogP contribution in [0.2, 0.25) is 0 Å². The van der Waals surface area contributed by atoms with E-state index < -0.39 is 0 Å². The molecule has 0 saturated carbocycles. The van der Waals surface area contributed by atoms with Crippen molar-refractivity contribution in [1.29, 1.82) is 0 Å². The van der Waals surface area contributed by atoms with E-state index in [0.717, 1.165) is 18.5 Å². The first-order chi connectivity index (χ1) is 12.1. The molecule has 0 aliphatic heterocycles. The highest BCUT2D eigenvalue weighted by molar-refractivity contribution is 14.0. The summed E-state index contributed by atoms with van der Waals surface area (Å²) in [4.78, 5) is 20.2. The lowest BCUT2D eigenvalue weighted by molar-refractivity contribution is 0.0963. The summed E-state index contributed by atoms with van der Waals surface area (Å²) in [5.74, 6) is 1.67. The van der Waals surface area contributed by atoms with Gasteiger partial charge in [-0.25, -0.2) is 4.99 Å². The summed E-state index contributed by atoms with van der Waals surface area (Å²) < 4.78 is 5.05. The molecule has 1 amide bonds. The largest absolute Gasteiger partial charge is 0.357 e. The number of aliphatic imine (C=N–C) groups is 1. The number of hydrogen-bond acceptors (Lipinski definition) is 5. The Kier molecular flexibility index (Phi) is 9.63. The summed E-state index contributed by atoms with van der Waals surface area (Å²) in [6.07, 6.45) is 0.773. The van der Waals surface area contributed by atoms with Gasteiger partial charge in [0.05, 0.1) is 0 Å². The van der Waals surface area contributed by atoms with Crippen LogP contribution >= 0.6 is 24.0 Å². The van der Waals surface area contributed by atoms with E-state index in [2.05, 4.69) is 31.1 Å². The molecule has 0 aliphatic carbocycles. The van der Waals surface area contributed by atoms with E-state index in [1.807, 2.05) is 25.1 Å². The van der Waals surface area contributed by atoms with Gasteiger partial charge in [0.25, 0.3) is 5.91 Å². The number of rotatable bonds is 7. The van der Waals surface area contributed by atoms with Crippen molar-refractivity contribution in [3.05, 3.63) is 47.1 Å². The van der Waals surface area contributed by atoms with E-state index in [9.17, 15) is 4.79 Å². The molecule has 0 aliphatic rings. The molecule has 0 spiro atoms. The standard InChI is InChI=1S/C17H24N6O2.HI/c1-4-19-17(21-11-15-22-12(2)23-25-15)20-9-8-13-6-5-7-14(10-13)16(24)18-3;/h5-7,10H,4,8-9,11H2,1-3H3,(H,18,24)(H2,19,20,21);1H. The van der Waals surface area contributed by atoms with Gasteiger partial charge in [-0.3, -0.25) is 4.79 Å². The van der Waals surface area contributed by atoms with E-state index in [1.54, 1.807) is 20.0 Å². The summed E-state index contributed by atoms with van der Waals surface area (Å²) in [5.41, 5.74) is 1.74. The number of aromatic nitrogens is 2. The van der Waals surface area contributed by atoms with Crippen LogP contribution in [0.5, 0.6) is 0 Å². The van der Waals surface area contributed by atoms with Gasteiger partial charge in [-0.15, -0.1) is 24.0 Å². The zero-order valence-electron chi connectivity index (χ0n) is 15.2. The normalized spacial score (nSPS) is 10.8. The van der Waals surface area contributed by atoms with Gasteiger partial charge in [0, 0.05) is 25.7 Å². The number of hydrogen-bond donors (Lipinski definition) is 3. The molecule has 142 valence electrons. The summed E-state index contributed by atoms with van der Waals surface area (Å²) in [5, 5.41) is 12.8. The number of carbonyl (C=O) groups excluding carboxylic acids is 1. The SMILES string of the molecule is CCNC(=NCc1nc(C)no1)NCCc1cccc(C(=O)NC)c1.I. The van der Waals surface area contributed by atoms with Gasteiger partial charge in [-0.1, -0.05) is 17.3 Å². The molecule has 2 rings (SSSR count). The van der Waals surface area contributed by atoms with Gasteiger partial charge in [0.15, 0.2) is 11.8 Å². The zero-order valence-corrected chi connectivity index (χ0v) is 17.5. The van der Waals surface area contributed by atoms with Gasteiger partial charge < -0.3 is 20.5 Å². The van der Waals surface area contributed by atoms with Crippen LogP contribution < -0.4 is 16.0 Å². The molecule has 0 unspecified atom stereocenters. The van der Waals surface area contributed by atoms with Crippen LogP contribution in [0.15, 0.2) is 33.8 Å². The van der Waals surface area contributed by atoms with Gasteiger partial charge in [-0.05, 0) is 38.0 Å². The average molecular weight is 472 g/mol. The molecule has 9 heteroatoms. The molecule has 3 N–H and O–H groups in total. The van der Waals surface area contributed by atoms with Crippen LogP contribution in [0, 0.1) is 6.92 Å². The first-order valence-electron chi connectivity index (χ1n) is 8.24. The predicted molar refractivity (Wildman–Crippen MR) is 111 cm³/mol. The number of carbonyl (C=O) groups is 1. The Morgan fingerprint density at radius 2 is 2.12 bits per heavy atom. The maximum atomic E-state index is 11.7. The minimum Gasteiger partial charge on any atom is -0.357 e. The molecule has 0 fully saturated rings. The lowest BCUT2D eigenvalue weighted by Crippen LogP contribution is -2.38. The van der Waals surface area contributed by atoms with Gasteiger partial charge in [0.1, 0.15) is 6.54 Å². The monoisotopic (exact) mass is 472 g/mol. The highest BCUT2D eigenvalue weighted by atomic mass is 127. The number of benzene rings is 1. The Morgan fingerprint density at radius 3 is 2.77 bits per heavy atom. The number of nitrogens with one attached hydrogen (secondary N) is 3. The number of guanidine groups is 1. The first-order valence-corrected chi connectivity index (χ1v) is 8.24. The molecular weight excluding hydrogens is 447 g/mol. The summed E-state index contributed by atoms with van der Waals surface area (Å²) in [7, 11) is 1.63. The van der Waals surface area contributed by atoms with Crippen LogP contribution in [0.25, 0.3) is 0 Å². The Balaban J connectivity index is 0.00000338. The maximum absolute atomic E-state index is 11.7. The van der Waals surface area contributed by atoms with Crippen molar-refractivity contribution in [3.63, 3.8) is 0 Å². The second-order valence-corrected chi connectivity index (χ2v) is 5.39. The van der Waals surface area contributed by atoms with E-state index >= 15 is 0 Å². The van der Waals surface area contributed by atoms with Gasteiger partial charge >= 0.3 is 0 Å². The molecule has 2 aromatic rings. The van der Waals surface area contributed by atoms with Crippen LogP contribution in [-0.2, 0) is 13.0 Å². The van der Waals surface area contributed by atoms with Crippen molar-refractivity contribution in [2.75, 3.05) is 20.1 Å². The van der Waals surface area contributed by atoms with Gasteiger partial charge in [-0.2, -0.15) is 4.98 Å². The fourth-order valence-corrected chi connectivity index (χ4v) is 2.23. The quantitative estimate of drug-likeness (QED) is 0.322. The van der Waals surface area contributed by atoms with Crippen molar-refractivity contribution >= 4 is 35.8 Å². The van der Waals surface area contributed by atoms with Crippen molar-refractivity contribution < 1.29 is 9.32 Å². The third-order valence-corrected chi connectivity index (χ3v) is 3.41. The topological polar surface area (TPSA) is 104 Å². The zero-order chi connectivity index (χ0) is 18.1. The minimum atomic E-state index is -0.0837. The molecule has 1 aromatic carbocycles. The molecule has 0 bridgehead atoms. The molecule has 26 heavy (non-hydrogen) atoms. The lowest BCUT2D eigenvalue weighted by Gasteiger charge is -2.11. The van der Waals surface area contributed by atoms with Gasteiger partial charge in [0.2, 0.25) is 5.89 Å². The van der Waals surface area contributed by atoms with Crippen LogP contribution in [0.3, 0.4) is 0 Å². The second-order valence-electron chi connectivity index (χ2n) is 5.39. The highest BCUT2D eigenvalue weighted by Gasteiger charge is 2.05. The van der Waals surface area contributed by atoms with Crippen LogP contribution in [-0.4, -0.2) is 42.1 Å². The molecule has 0 saturated heterocycles. The van der Waals surface area contributed by atoms with Crippen molar-refractivity contribution in [3.8, 4) is 0 Å². The minimum absolute atomic E-state index is 0. The Morgan fingerprint density at radius 1 is 1.31 bits per heavy atom. The van der Waals surface area contributed by atoms with Crippen molar-refractivity contribution in [1.82, 2.24) is 26.1 Å². The van der Waals surface area contributed by atoms with Crippen molar-refractivity contribution in [2.24, 2.45) is 4.99 Å². The number of aryl methyl sites for hydroxylation is 1. The first kappa shape index (κ1) is 21.9. The van der Waals surface area contributed by atoms with Crippen LogP contribution in [0.4, 0.5) is 0 Å². The summed E-state index contributed by atoms with van der Waals surface area (Å²) in [6.45, 7) is 5.53. The molecule has 8 nitrogen and oxygen atoms in total. The number of nitrogens with zero attached hydrogens (tertiary/aromatic N) is 3. The fourth-order valence-electron chi connectivity index (χ4n) is 2.23. The third-order valence-electron chi connectivity index (χ3n) is 3.41. The predicted octanol–water partition coefficient (Wildman–Crippen LogP) is 1.65. The second kappa shape index (κ2) is 11.4. The molecule has 0 atom stereocenters. The van der Waals surface area contributed by atoms with Crippen LogP contribution in [0.1, 0.15) is 34.6 Å². The number of halogens is 1. The number of amides is 1. The lowest BCUT2D eigenvalue weighted by atomic mass is 10.1. The maximum Gasteiger partial charge on any atom is 0.251 e. The average Bonchev–Trinajstić information content (AvgIpc) is 3.04. The summed E-state index contributed by atoms with van der Waals surface area (Å²) in [6, 6.07) is 7.58. The molecule has 0 radical (unpaired) electrons. The Hall–Kier alpha value is -2.17. The third kappa shape index (κ3) is 6.98.